The fraction of sp³-hybridized carbons (Fsp3) is 0.440. The van der Waals surface area contributed by atoms with Crippen LogP contribution in [0.3, 0.4) is 0 Å². The summed E-state index contributed by atoms with van der Waals surface area (Å²) < 4.78 is 12.8. The van der Waals surface area contributed by atoms with Gasteiger partial charge < -0.3 is 14.7 Å². The van der Waals surface area contributed by atoms with Crippen molar-refractivity contribution in [3.8, 4) is 0 Å². The minimum Gasteiger partial charge on any atom is -0.624 e. The summed E-state index contributed by atoms with van der Waals surface area (Å²) in [5.41, 5.74) is 0.414. The molecule has 1 fully saturated rings. The molecule has 1 aliphatic rings. The van der Waals surface area contributed by atoms with Crippen molar-refractivity contribution in [2.75, 3.05) is 0 Å². The van der Waals surface area contributed by atoms with Gasteiger partial charge in [-0.3, -0.25) is 4.90 Å². The number of hydroxylamine groups is 1. The zero-order valence-electron chi connectivity index (χ0n) is 18.9. The highest BCUT2D eigenvalue weighted by Crippen LogP contribution is 2.35. The number of hydrogen-bond acceptors (Lipinski definition) is 4. The molecule has 0 aromatic heterocycles. The van der Waals surface area contributed by atoms with Crippen molar-refractivity contribution in [3.05, 3.63) is 77.0 Å². The van der Waals surface area contributed by atoms with E-state index < -0.39 is 23.5 Å². The Kier molecular flexibility index (Phi) is 6.70. The molecule has 3 rings (SSSR count). The van der Waals surface area contributed by atoms with E-state index in [-0.39, 0.29) is 12.6 Å². The lowest BCUT2D eigenvalue weighted by Crippen LogP contribution is -2.51. The fourth-order valence-corrected chi connectivity index (χ4v) is 3.85. The minimum atomic E-state index is -0.920. The molecule has 1 heterocycles. The number of amides is 1. The zero-order chi connectivity index (χ0) is 22.6. The van der Waals surface area contributed by atoms with Crippen molar-refractivity contribution in [1.29, 1.82) is 0 Å². The Morgan fingerprint density at radius 1 is 1.10 bits per heavy atom. The Hall–Kier alpha value is -2.86. The molecule has 166 valence electrons. The molecule has 1 saturated heterocycles. The lowest BCUT2D eigenvalue weighted by Gasteiger charge is -2.35. The summed E-state index contributed by atoms with van der Waals surface area (Å²) in [6, 6.07) is 19.1. The summed E-state index contributed by atoms with van der Waals surface area (Å²) in [6.45, 7) is 9.38. The Bertz CT molecular complexity index is 904. The SMILES string of the molecule is CC(C)(C)OC(=O)N1[C@@H](Cc2ccccc2)[C@H](/C=[N+](\[O-])Cc2ccccc2)OC1(C)C. The summed E-state index contributed by atoms with van der Waals surface area (Å²) in [6.07, 6.45) is 1.06. The van der Waals surface area contributed by atoms with Crippen LogP contribution in [0.5, 0.6) is 0 Å². The van der Waals surface area contributed by atoms with Gasteiger partial charge in [-0.1, -0.05) is 60.7 Å². The number of ether oxygens (including phenoxy) is 2. The molecule has 31 heavy (non-hydrogen) atoms. The molecule has 0 radical (unpaired) electrons. The van der Waals surface area contributed by atoms with Crippen molar-refractivity contribution in [1.82, 2.24) is 4.90 Å². The predicted molar refractivity (Wildman–Crippen MR) is 121 cm³/mol. The van der Waals surface area contributed by atoms with Crippen LogP contribution in [0.25, 0.3) is 0 Å². The Morgan fingerprint density at radius 3 is 2.19 bits per heavy atom. The van der Waals surface area contributed by atoms with Crippen LogP contribution in [-0.2, 0) is 22.4 Å². The molecule has 2 aromatic carbocycles. The second-order valence-corrected chi connectivity index (χ2v) is 9.35. The highest BCUT2D eigenvalue weighted by molar-refractivity contribution is 5.72. The fourth-order valence-electron chi connectivity index (χ4n) is 3.85. The summed E-state index contributed by atoms with van der Waals surface area (Å²) in [4.78, 5) is 14.7. The molecule has 0 N–H and O–H groups in total. The first kappa shape index (κ1) is 22.8. The molecule has 0 saturated carbocycles. The van der Waals surface area contributed by atoms with Gasteiger partial charge in [0.25, 0.3) is 0 Å². The number of carbonyl (C=O) groups is 1. The molecule has 2 atom stereocenters. The lowest BCUT2D eigenvalue weighted by atomic mass is 10.0. The zero-order valence-corrected chi connectivity index (χ0v) is 18.9. The smallest absolute Gasteiger partial charge is 0.412 e. The van der Waals surface area contributed by atoms with Gasteiger partial charge in [-0.2, -0.15) is 0 Å². The van der Waals surface area contributed by atoms with Crippen LogP contribution < -0.4 is 0 Å². The van der Waals surface area contributed by atoms with Gasteiger partial charge >= 0.3 is 6.09 Å². The minimum absolute atomic E-state index is 0.214. The van der Waals surface area contributed by atoms with Crippen LogP contribution in [0, 0.1) is 5.21 Å². The first-order valence-corrected chi connectivity index (χ1v) is 10.6. The number of benzene rings is 2. The van der Waals surface area contributed by atoms with E-state index in [0.717, 1.165) is 15.9 Å². The van der Waals surface area contributed by atoms with Gasteiger partial charge in [0.15, 0.2) is 18.9 Å². The van der Waals surface area contributed by atoms with Gasteiger partial charge in [-0.25, -0.2) is 9.53 Å². The molecule has 0 spiro atoms. The molecule has 6 heteroatoms. The Morgan fingerprint density at radius 2 is 1.65 bits per heavy atom. The van der Waals surface area contributed by atoms with Crippen molar-refractivity contribution < 1.29 is 19.0 Å². The van der Waals surface area contributed by atoms with Gasteiger partial charge in [-0.15, -0.1) is 0 Å². The molecular weight excluding hydrogens is 392 g/mol. The van der Waals surface area contributed by atoms with E-state index in [1.54, 1.807) is 4.90 Å². The topological polar surface area (TPSA) is 64.8 Å². The average Bonchev–Trinajstić information content (AvgIpc) is 2.91. The molecule has 1 aliphatic heterocycles. The van der Waals surface area contributed by atoms with Gasteiger partial charge in [-0.05, 0) is 46.6 Å². The van der Waals surface area contributed by atoms with E-state index in [2.05, 4.69) is 0 Å². The lowest BCUT2D eigenvalue weighted by molar-refractivity contribution is -0.473. The molecule has 2 aromatic rings. The predicted octanol–water partition coefficient (Wildman–Crippen LogP) is 4.75. The van der Waals surface area contributed by atoms with Gasteiger partial charge in [0.1, 0.15) is 11.3 Å². The van der Waals surface area contributed by atoms with Crippen LogP contribution in [0.15, 0.2) is 60.7 Å². The second-order valence-electron chi connectivity index (χ2n) is 9.35. The molecule has 1 amide bonds. The maximum atomic E-state index is 13.1. The first-order chi connectivity index (χ1) is 14.5. The molecular formula is C25H32N2O4. The summed E-state index contributed by atoms with van der Waals surface area (Å²) in [7, 11) is 0. The summed E-state index contributed by atoms with van der Waals surface area (Å²) in [5, 5.41) is 12.7. The van der Waals surface area contributed by atoms with E-state index in [1.807, 2.05) is 95.3 Å². The number of carbonyl (C=O) groups excluding carboxylic acids is 1. The van der Waals surface area contributed by atoms with Gasteiger partial charge in [0, 0.05) is 5.56 Å². The van der Waals surface area contributed by atoms with Crippen molar-refractivity contribution in [2.45, 2.75) is 71.1 Å². The third-order valence-electron chi connectivity index (χ3n) is 5.09. The van der Waals surface area contributed by atoms with Crippen LogP contribution >= 0.6 is 0 Å². The van der Waals surface area contributed by atoms with Crippen molar-refractivity contribution >= 4 is 12.3 Å². The Balaban J connectivity index is 1.90. The third kappa shape index (κ3) is 6.07. The van der Waals surface area contributed by atoms with Crippen LogP contribution in [0.4, 0.5) is 4.79 Å². The second kappa shape index (κ2) is 9.10. The van der Waals surface area contributed by atoms with E-state index in [1.165, 1.54) is 6.21 Å². The maximum Gasteiger partial charge on any atom is 0.412 e. The van der Waals surface area contributed by atoms with Gasteiger partial charge in [0.05, 0.1) is 6.04 Å². The van der Waals surface area contributed by atoms with E-state index in [9.17, 15) is 10.0 Å². The first-order valence-electron chi connectivity index (χ1n) is 10.6. The van der Waals surface area contributed by atoms with E-state index in [0.29, 0.717) is 6.42 Å². The van der Waals surface area contributed by atoms with Crippen molar-refractivity contribution in [2.24, 2.45) is 0 Å². The average molecular weight is 425 g/mol. The largest absolute Gasteiger partial charge is 0.624 e. The quantitative estimate of drug-likeness (QED) is 0.301. The van der Waals surface area contributed by atoms with Crippen LogP contribution in [0.2, 0.25) is 0 Å². The molecule has 0 bridgehead atoms. The molecule has 0 unspecified atom stereocenters. The number of nitrogens with zero attached hydrogens (tertiary/aromatic N) is 2. The normalized spacial score (nSPS) is 21.2. The Labute approximate surface area is 184 Å². The van der Waals surface area contributed by atoms with Gasteiger partial charge in [0.2, 0.25) is 0 Å². The highest BCUT2D eigenvalue weighted by atomic mass is 16.6. The highest BCUT2D eigenvalue weighted by Gasteiger charge is 2.51. The molecule has 0 aliphatic carbocycles. The van der Waals surface area contributed by atoms with Crippen LogP contribution in [-0.4, -0.2) is 45.4 Å². The maximum absolute atomic E-state index is 13.1. The summed E-state index contributed by atoms with van der Waals surface area (Å²) in [5.74, 6) is 0. The van der Waals surface area contributed by atoms with Crippen molar-refractivity contribution in [3.63, 3.8) is 0 Å². The number of hydrogen-bond donors (Lipinski definition) is 0. The van der Waals surface area contributed by atoms with Crippen LogP contribution in [0.1, 0.15) is 45.7 Å². The third-order valence-corrected chi connectivity index (χ3v) is 5.09. The monoisotopic (exact) mass is 424 g/mol. The number of rotatable bonds is 5. The van der Waals surface area contributed by atoms with E-state index in [4.69, 9.17) is 9.47 Å². The standard InChI is InChI=1S/C25H32N2O4/c1-24(2,3)31-23(28)27-21(16-19-12-8-6-9-13-19)22(30-25(27,4)5)18-26(29)17-20-14-10-7-11-15-20/h6-15,18,21-22H,16-17H2,1-5H3/b26-18-/t21-,22-/m0/s1. The molecule has 6 nitrogen and oxygen atoms in total. The summed E-state index contributed by atoms with van der Waals surface area (Å²) >= 11 is 0. The van der Waals surface area contributed by atoms with E-state index >= 15 is 0 Å².